The summed E-state index contributed by atoms with van der Waals surface area (Å²) in [6.07, 6.45) is -4.79. The van der Waals surface area contributed by atoms with Crippen molar-refractivity contribution >= 4 is 0 Å². The van der Waals surface area contributed by atoms with Gasteiger partial charge in [-0.25, -0.2) is 0 Å². The van der Waals surface area contributed by atoms with Gasteiger partial charge in [-0.05, 0) is 38.0 Å². The number of aryl methyl sites for hydroxylation is 1. The van der Waals surface area contributed by atoms with Crippen molar-refractivity contribution in [2.24, 2.45) is 0 Å². The first-order valence-electron chi connectivity index (χ1n) is 8.34. The van der Waals surface area contributed by atoms with Crippen molar-refractivity contribution < 1.29 is 40.1 Å². The fourth-order valence-electron chi connectivity index (χ4n) is 2.62. The highest BCUT2D eigenvalue weighted by Gasteiger charge is 2.44. The molecule has 0 radical (unpaired) electrons. The molecule has 0 spiro atoms. The fourth-order valence-corrected chi connectivity index (χ4v) is 2.62. The van der Waals surface area contributed by atoms with Gasteiger partial charge in [0.25, 0.3) is 0 Å². The van der Waals surface area contributed by atoms with Gasteiger partial charge in [-0.15, -0.1) is 0 Å². The second kappa shape index (κ2) is 8.81. The number of rotatable bonds is 6. The summed E-state index contributed by atoms with van der Waals surface area (Å²) in [6.45, 7) is 2.78. The van der Waals surface area contributed by atoms with Crippen LogP contribution in [0.3, 0.4) is 0 Å². The normalized spacial score (nSPS) is 29.7. The van der Waals surface area contributed by atoms with Gasteiger partial charge in [-0.3, -0.25) is 0 Å². The molecule has 0 saturated carbocycles. The molecule has 1 saturated heterocycles. The molecule has 5 atom stereocenters. The molecule has 1 aliphatic rings. The molecule has 0 amide bonds. The highest BCUT2D eigenvalue weighted by molar-refractivity contribution is 5.46. The second-order valence-corrected chi connectivity index (χ2v) is 6.47. The van der Waals surface area contributed by atoms with E-state index in [1.807, 2.05) is 0 Å². The van der Waals surface area contributed by atoms with Crippen LogP contribution in [0.25, 0.3) is 0 Å². The Morgan fingerprint density at radius 1 is 1.15 bits per heavy atom. The lowest BCUT2D eigenvalue weighted by molar-refractivity contribution is -0.277. The summed E-state index contributed by atoms with van der Waals surface area (Å²) in [5.74, 6) is 0.378. The molecule has 1 fully saturated rings. The molecular formula is C18H26O8. The van der Waals surface area contributed by atoms with E-state index in [0.717, 1.165) is 5.57 Å². The van der Waals surface area contributed by atoms with Crippen molar-refractivity contribution in [1.29, 1.82) is 0 Å². The number of aliphatic hydroxyl groups excluding tert-OH is 5. The first kappa shape index (κ1) is 20.6. The van der Waals surface area contributed by atoms with Gasteiger partial charge in [-0.1, -0.05) is 11.6 Å². The maximum absolute atomic E-state index is 10.1. The van der Waals surface area contributed by atoms with E-state index >= 15 is 0 Å². The van der Waals surface area contributed by atoms with Gasteiger partial charge in [0.1, 0.15) is 35.9 Å². The fraction of sp³-hybridized carbons (Fsp3) is 0.556. The second-order valence-electron chi connectivity index (χ2n) is 6.47. The van der Waals surface area contributed by atoms with Crippen LogP contribution in [-0.2, 0) is 11.2 Å². The summed E-state index contributed by atoms with van der Waals surface area (Å²) >= 11 is 0. The Morgan fingerprint density at radius 2 is 1.85 bits per heavy atom. The van der Waals surface area contributed by atoms with Crippen molar-refractivity contribution in [2.45, 2.75) is 51.0 Å². The molecule has 8 heteroatoms. The Balaban J connectivity index is 2.28. The SMILES string of the molecule is CC(=CCc1cc(O)c(C)cc1O[C@@H]1O[C@H](CO)[C@@H](O)[C@H](O)[C@H]1O)CO. The summed E-state index contributed by atoms with van der Waals surface area (Å²) in [5, 5.41) is 58.1. The van der Waals surface area contributed by atoms with Gasteiger partial charge in [0.2, 0.25) is 6.29 Å². The summed E-state index contributed by atoms with van der Waals surface area (Å²) in [5.41, 5.74) is 1.86. The van der Waals surface area contributed by atoms with E-state index in [1.54, 1.807) is 26.0 Å². The van der Waals surface area contributed by atoms with Crippen LogP contribution in [0.1, 0.15) is 18.1 Å². The monoisotopic (exact) mass is 370 g/mol. The van der Waals surface area contributed by atoms with Gasteiger partial charge in [-0.2, -0.15) is 0 Å². The van der Waals surface area contributed by atoms with Gasteiger partial charge in [0.15, 0.2) is 0 Å². The van der Waals surface area contributed by atoms with E-state index < -0.39 is 37.3 Å². The van der Waals surface area contributed by atoms with E-state index in [0.29, 0.717) is 23.3 Å². The summed E-state index contributed by atoms with van der Waals surface area (Å²) < 4.78 is 11.1. The molecule has 1 aromatic carbocycles. The minimum absolute atomic E-state index is 0.0659. The number of benzene rings is 1. The molecule has 6 N–H and O–H groups in total. The van der Waals surface area contributed by atoms with E-state index in [-0.39, 0.29) is 12.4 Å². The maximum Gasteiger partial charge on any atom is 0.229 e. The Hall–Kier alpha value is -1.68. The van der Waals surface area contributed by atoms with Crippen LogP contribution in [0.2, 0.25) is 0 Å². The lowest BCUT2D eigenvalue weighted by Crippen LogP contribution is -2.60. The molecular weight excluding hydrogens is 344 g/mol. The van der Waals surface area contributed by atoms with Crippen molar-refractivity contribution in [3.8, 4) is 11.5 Å². The molecule has 2 rings (SSSR count). The lowest BCUT2D eigenvalue weighted by atomic mass is 9.99. The number of aliphatic hydroxyl groups is 5. The first-order valence-corrected chi connectivity index (χ1v) is 8.34. The summed E-state index contributed by atoms with van der Waals surface area (Å²) in [6, 6.07) is 3.07. The number of phenolic OH excluding ortho intramolecular Hbond substituents is 1. The van der Waals surface area contributed by atoms with Crippen molar-refractivity contribution in [3.05, 3.63) is 34.9 Å². The van der Waals surface area contributed by atoms with Crippen LogP contribution in [-0.4, -0.2) is 74.6 Å². The Kier molecular flexibility index (Phi) is 6.99. The Labute approximate surface area is 151 Å². The van der Waals surface area contributed by atoms with Crippen molar-refractivity contribution in [3.63, 3.8) is 0 Å². The molecule has 1 aromatic rings. The van der Waals surface area contributed by atoms with Crippen LogP contribution in [0.4, 0.5) is 0 Å². The Morgan fingerprint density at radius 3 is 2.46 bits per heavy atom. The van der Waals surface area contributed by atoms with E-state index in [9.17, 15) is 25.5 Å². The quantitative estimate of drug-likeness (QED) is 0.364. The molecule has 0 aromatic heterocycles. The molecule has 146 valence electrons. The van der Waals surface area contributed by atoms with E-state index in [4.69, 9.17) is 14.6 Å². The number of phenols is 1. The minimum Gasteiger partial charge on any atom is -0.508 e. The van der Waals surface area contributed by atoms with Crippen LogP contribution in [0, 0.1) is 6.92 Å². The predicted molar refractivity (Wildman–Crippen MR) is 91.8 cm³/mol. The smallest absolute Gasteiger partial charge is 0.229 e. The molecule has 8 nitrogen and oxygen atoms in total. The molecule has 26 heavy (non-hydrogen) atoms. The van der Waals surface area contributed by atoms with E-state index in [2.05, 4.69) is 0 Å². The summed E-state index contributed by atoms with van der Waals surface area (Å²) in [7, 11) is 0. The van der Waals surface area contributed by atoms with Crippen molar-refractivity contribution in [1.82, 2.24) is 0 Å². The molecule has 0 aliphatic carbocycles. The van der Waals surface area contributed by atoms with Crippen LogP contribution in [0.5, 0.6) is 11.5 Å². The topological polar surface area (TPSA) is 140 Å². The highest BCUT2D eigenvalue weighted by atomic mass is 16.7. The van der Waals surface area contributed by atoms with Gasteiger partial charge in [0, 0.05) is 5.56 Å². The van der Waals surface area contributed by atoms with E-state index in [1.165, 1.54) is 6.07 Å². The third-order valence-corrected chi connectivity index (χ3v) is 4.39. The lowest BCUT2D eigenvalue weighted by Gasteiger charge is -2.39. The van der Waals surface area contributed by atoms with Crippen LogP contribution >= 0.6 is 0 Å². The first-order chi connectivity index (χ1) is 12.3. The average Bonchev–Trinajstić information content (AvgIpc) is 2.63. The predicted octanol–water partition coefficient (Wildman–Crippen LogP) is -0.640. The zero-order valence-corrected chi connectivity index (χ0v) is 14.7. The third-order valence-electron chi connectivity index (χ3n) is 4.39. The molecule has 0 bridgehead atoms. The standard InChI is InChI=1S/C18H26O8/c1-9(7-19)3-4-11-6-12(21)10(2)5-13(11)25-18-17(24)16(23)15(22)14(8-20)26-18/h3,5-6,14-24H,4,7-8H2,1-2H3/t14-,15-,16+,17-,18-/m1/s1. The molecule has 1 aliphatic heterocycles. The maximum atomic E-state index is 10.1. The highest BCUT2D eigenvalue weighted by Crippen LogP contribution is 2.31. The number of aromatic hydroxyl groups is 1. The van der Waals surface area contributed by atoms with Crippen molar-refractivity contribution in [2.75, 3.05) is 13.2 Å². The zero-order chi connectivity index (χ0) is 19.4. The van der Waals surface area contributed by atoms with Gasteiger partial charge < -0.3 is 40.1 Å². The average molecular weight is 370 g/mol. The number of hydrogen-bond donors (Lipinski definition) is 6. The Bertz CT molecular complexity index is 642. The third kappa shape index (κ3) is 4.53. The summed E-state index contributed by atoms with van der Waals surface area (Å²) in [4.78, 5) is 0. The van der Waals surface area contributed by atoms with Gasteiger partial charge in [0.05, 0.1) is 13.2 Å². The number of allylic oxidation sites excluding steroid dienone is 1. The molecule has 1 heterocycles. The van der Waals surface area contributed by atoms with Gasteiger partial charge >= 0.3 is 0 Å². The van der Waals surface area contributed by atoms with Crippen LogP contribution in [0.15, 0.2) is 23.8 Å². The molecule has 0 unspecified atom stereocenters. The number of ether oxygens (including phenoxy) is 2. The van der Waals surface area contributed by atoms with Crippen LogP contribution < -0.4 is 4.74 Å². The number of hydrogen-bond acceptors (Lipinski definition) is 8. The minimum atomic E-state index is -1.54. The largest absolute Gasteiger partial charge is 0.508 e. The zero-order valence-electron chi connectivity index (χ0n) is 14.7.